The maximum absolute atomic E-state index is 12.8. The van der Waals surface area contributed by atoms with Crippen LogP contribution in [-0.2, 0) is 9.59 Å². The molecule has 1 aliphatic heterocycles. The normalized spacial score (nSPS) is 15.5. The number of nitrogens with zero attached hydrogens (tertiary/aromatic N) is 2. The van der Waals surface area contributed by atoms with Gasteiger partial charge in [-0.2, -0.15) is 0 Å². The van der Waals surface area contributed by atoms with Gasteiger partial charge in [-0.05, 0) is 42.7 Å². The van der Waals surface area contributed by atoms with Crippen LogP contribution in [0.25, 0.3) is 6.08 Å². The van der Waals surface area contributed by atoms with Crippen molar-refractivity contribution in [3.05, 3.63) is 82.8 Å². The van der Waals surface area contributed by atoms with Gasteiger partial charge in [-0.3, -0.25) is 14.5 Å². The Morgan fingerprint density at radius 3 is 2.44 bits per heavy atom. The lowest BCUT2D eigenvalue weighted by Gasteiger charge is -2.22. The Morgan fingerprint density at radius 1 is 1.12 bits per heavy atom. The standard InChI is InChI=1S/C25H26N2O3S2/c1-19(17-20-9-4-2-5-10-20)18-22-24(30)27(25(31)32-22)14-8-13-23(29)26(15-16-28)21-11-6-3-7-12-21/h2-7,9-12,17-18,28H,8,13-16H2,1H3. The van der Waals surface area contributed by atoms with Gasteiger partial charge in [0.25, 0.3) is 5.91 Å². The van der Waals surface area contributed by atoms with Crippen molar-refractivity contribution < 1.29 is 14.7 Å². The van der Waals surface area contributed by atoms with E-state index in [-0.39, 0.29) is 31.4 Å². The minimum absolute atomic E-state index is 0.0899. The second-order valence-electron chi connectivity index (χ2n) is 7.34. The quantitative estimate of drug-likeness (QED) is 0.431. The Bertz CT molecular complexity index is 1020. The minimum Gasteiger partial charge on any atom is -0.395 e. The summed E-state index contributed by atoms with van der Waals surface area (Å²) < 4.78 is 0.511. The van der Waals surface area contributed by atoms with Crippen molar-refractivity contribution in [2.45, 2.75) is 19.8 Å². The summed E-state index contributed by atoms with van der Waals surface area (Å²) in [6.07, 6.45) is 4.63. The number of allylic oxidation sites excluding steroid dienone is 2. The van der Waals surface area contributed by atoms with E-state index in [2.05, 4.69) is 0 Å². The maximum Gasteiger partial charge on any atom is 0.266 e. The molecule has 7 heteroatoms. The molecule has 0 spiro atoms. The monoisotopic (exact) mass is 466 g/mol. The summed E-state index contributed by atoms with van der Waals surface area (Å²) in [6, 6.07) is 19.2. The summed E-state index contributed by atoms with van der Waals surface area (Å²) in [7, 11) is 0. The van der Waals surface area contributed by atoms with Gasteiger partial charge in [0.1, 0.15) is 4.32 Å². The Morgan fingerprint density at radius 2 is 1.78 bits per heavy atom. The molecule has 0 radical (unpaired) electrons. The van der Waals surface area contributed by atoms with Crippen molar-refractivity contribution >= 4 is 51.9 Å². The first-order valence-electron chi connectivity index (χ1n) is 10.4. The first-order chi connectivity index (χ1) is 15.5. The molecule has 0 bridgehead atoms. The van der Waals surface area contributed by atoms with Crippen molar-refractivity contribution in [2.24, 2.45) is 0 Å². The van der Waals surface area contributed by atoms with Gasteiger partial charge in [0.2, 0.25) is 5.91 Å². The average molecular weight is 467 g/mol. The number of thioether (sulfide) groups is 1. The summed E-state index contributed by atoms with van der Waals surface area (Å²) in [6.45, 7) is 2.46. The molecular weight excluding hydrogens is 440 g/mol. The van der Waals surface area contributed by atoms with Crippen LogP contribution < -0.4 is 4.90 Å². The van der Waals surface area contributed by atoms with E-state index in [1.54, 1.807) is 9.80 Å². The largest absolute Gasteiger partial charge is 0.395 e. The predicted molar refractivity (Wildman–Crippen MR) is 135 cm³/mol. The Balaban J connectivity index is 1.58. The fourth-order valence-electron chi connectivity index (χ4n) is 3.38. The molecule has 1 aliphatic rings. The number of hydrogen-bond donors (Lipinski definition) is 1. The lowest BCUT2D eigenvalue weighted by atomic mass is 10.1. The van der Waals surface area contributed by atoms with Crippen molar-refractivity contribution in [1.82, 2.24) is 4.90 Å². The molecule has 1 heterocycles. The first kappa shape index (κ1) is 23.9. The number of anilines is 1. The number of aliphatic hydroxyl groups is 1. The second-order valence-corrected chi connectivity index (χ2v) is 9.02. The highest BCUT2D eigenvalue weighted by Gasteiger charge is 2.31. The molecule has 0 aliphatic carbocycles. The number of para-hydroxylation sites is 1. The molecule has 2 aromatic rings. The Hall–Kier alpha value is -2.74. The smallest absolute Gasteiger partial charge is 0.266 e. The summed E-state index contributed by atoms with van der Waals surface area (Å²) in [4.78, 5) is 29.3. The molecular formula is C25H26N2O3S2. The highest BCUT2D eigenvalue weighted by atomic mass is 32.2. The fraction of sp³-hybridized carbons (Fsp3) is 0.240. The third-order valence-corrected chi connectivity index (χ3v) is 6.27. The summed E-state index contributed by atoms with van der Waals surface area (Å²) in [5.41, 5.74) is 2.79. The molecule has 166 valence electrons. The maximum atomic E-state index is 12.8. The zero-order valence-electron chi connectivity index (χ0n) is 17.9. The number of carbonyl (C=O) groups excluding carboxylic acids is 2. The topological polar surface area (TPSA) is 60.9 Å². The van der Waals surface area contributed by atoms with E-state index in [1.165, 1.54) is 11.8 Å². The molecule has 2 amide bonds. The molecule has 1 fully saturated rings. The van der Waals surface area contributed by atoms with Gasteiger partial charge in [0.15, 0.2) is 0 Å². The molecule has 0 atom stereocenters. The molecule has 1 saturated heterocycles. The first-order valence-corrected chi connectivity index (χ1v) is 11.7. The molecule has 5 nitrogen and oxygen atoms in total. The van der Waals surface area contributed by atoms with Gasteiger partial charge in [0, 0.05) is 25.2 Å². The molecule has 2 aromatic carbocycles. The van der Waals surface area contributed by atoms with Crippen LogP contribution in [0, 0.1) is 0 Å². The SMILES string of the molecule is CC(=Cc1ccccc1)C=C1SC(=S)N(CCCC(=O)N(CCO)c2ccccc2)C1=O. The number of thiocarbonyl (C=S) groups is 1. The van der Waals surface area contributed by atoms with Crippen LogP contribution in [0.15, 0.2) is 77.2 Å². The fourth-order valence-corrected chi connectivity index (χ4v) is 4.74. The van der Waals surface area contributed by atoms with Gasteiger partial charge in [-0.1, -0.05) is 78.6 Å². The van der Waals surface area contributed by atoms with Gasteiger partial charge in [0.05, 0.1) is 11.5 Å². The van der Waals surface area contributed by atoms with Crippen molar-refractivity contribution in [1.29, 1.82) is 0 Å². The van der Waals surface area contributed by atoms with Crippen LogP contribution in [0.1, 0.15) is 25.3 Å². The van der Waals surface area contributed by atoms with E-state index >= 15 is 0 Å². The van der Waals surface area contributed by atoms with Crippen LogP contribution >= 0.6 is 24.0 Å². The van der Waals surface area contributed by atoms with Crippen molar-refractivity contribution in [2.75, 3.05) is 24.6 Å². The number of aliphatic hydroxyl groups excluding tert-OH is 1. The highest BCUT2D eigenvalue weighted by Crippen LogP contribution is 2.32. The van der Waals surface area contributed by atoms with Gasteiger partial charge < -0.3 is 10.0 Å². The van der Waals surface area contributed by atoms with E-state index in [1.807, 2.05) is 79.7 Å². The Kier molecular flexibility index (Phi) is 8.79. The average Bonchev–Trinajstić information content (AvgIpc) is 3.05. The van der Waals surface area contributed by atoms with Crippen molar-refractivity contribution in [3.8, 4) is 0 Å². The van der Waals surface area contributed by atoms with Crippen LogP contribution in [-0.4, -0.2) is 45.8 Å². The lowest BCUT2D eigenvalue weighted by molar-refractivity contribution is -0.123. The van der Waals surface area contributed by atoms with Crippen LogP contribution in [0.2, 0.25) is 0 Å². The zero-order valence-corrected chi connectivity index (χ0v) is 19.6. The molecule has 1 N–H and O–H groups in total. The van der Waals surface area contributed by atoms with Crippen LogP contribution in [0.4, 0.5) is 5.69 Å². The van der Waals surface area contributed by atoms with Gasteiger partial charge in [-0.15, -0.1) is 0 Å². The summed E-state index contributed by atoms with van der Waals surface area (Å²) in [5.74, 6) is -0.212. The molecule has 0 unspecified atom stereocenters. The summed E-state index contributed by atoms with van der Waals surface area (Å²) >= 11 is 6.70. The number of carbonyl (C=O) groups is 2. The van der Waals surface area contributed by atoms with E-state index in [0.29, 0.717) is 22.2 Å². The second kappa shape index (κ2) is 11.8. The van der Waals surface area contributed by atoms with Crippen LogP contribution in [0.5, 0.6) is 0 Å². The van der Waals surface area contributed by atoms with Gasteiger partial charge >= 0.3 is 0 Å². The highest BCUT2D eigenvalue weighted by molar-refractivity contribution is 8.26. The molecule has 0 saturated carbocycles. The van der Waals surface area contributed by atoms with Crippen LogP contribution in [0.3, 0.4) is 0 Å². The number of benzene rings is 2. The molecule has 3 rings (SSSR count). The third kappa shape index (κ3) is 6.38. The Labute approximate surface area is 198 Å². The lowest BCUT2D eigenvalue weighted by Crippen LogP contribution is -2.35. The number of rotatable bonds is 9. The van der Waals surface area contributed by atoms with E-state index in [4.69, 9.17) is 12.2 Å². The number of hydrogen-bond acceptors (Lipinski definition) is 5. The molecule has 0 aromatic heterocycles. The van der Waals surface area contributed by atoms with E-state index in [0.717, 1.165) is 16.8 Å². The predicted octanol–water partition coefficient (Wildman–Crippen LogP) is 4.64. The molecule has 32 heavy (non-hydrogen) atoms. The number of amides is 2. The third-order valence-electron chi connectivity index (χ3n) is 4.89. The zero-order chi connectivity index (χ0) is 22.9. The van der Waals surface area contributed by atoms with Crippen molar-refractivity contribution in [3.63, 3.8) is 0 Å². The van der Waals surface area contributed by atoms with E-state index < -0.39 is 0 Å². The van der Waals surface area contributed by atoms with E-state index in [9.17, 15) is 14.7 Å². The minimum atomic E-state index is -0.122. The summed E-state index contributed by atoms with van der Waals surface area (Å²) in [5, 5.41) is 9.33. The van der Waals surface area contributed by atoms with Gasteiger partial charge in [-0.25, -0.2) is 0 Å².